The first-order valence-corrected chi connectivity index (χ1v) is 5.40. The number of hydrogen-bond acceptors (Lipinski definition) is 4. The number of piperazine rings is 1. The zero-order chi connectivity index (χ0) is 11.3. The van der Waals surface area contributed by atoms with Crippen molar-refractivity contribution in [1.29, 1.82) is 0 Å². The van der Waals surface area contributed by atoms with E-state index in [1.54, 1.807) is 0 Å². The van der Waals surface area contributed by atoms with Crippen molar-refractivity contribution in [2.45, 2.75) is 19.4 Å². The molecule has 0 aliphatic carbocycles. The summed E-state index contributed by atoms with van der Waals surface area (Å²) in [4.78, 5) is 13.7. The number of nitrogens with two attached hydrogens (primary N) is 1. The fourth-order valence-electron chi connectivity index (χ4n) is 1.70. The molecular formula is C10H21N3O2. The van der Waals surface area contributed by atoms with Crippen molar-refractivity contribution < 1.29 is 9.53 Å². The minimum atomic E-state index is -0.426. The van der Waals surface area contributed by atoms with Gasteiger partial charge in [-0.1, -0.05) is 0 Å². The summed E-state index contributed by atoms with van der Waals surface area (Å²) >= 11 is 0. The first-order valence-electron chi connectivity index (χ1n) is 5.40. The normalized spacial score (nSPS) is 21.4. The number of rotatable bonds is 5. The van der Waals surface area contributed by atoms with Crippen LogP contribution in [0.1, 0.15) is 13.8 Å². The van der Waals surface area contributed by atoms with Crippen LogP contribution in [0, 0.1) is 0 Å². The van der Waals surface area contributed by atoms with Gasteiger partial charge in [-0.25, -0.2) is 0 Å². The Kier molecular flexibility index (Phi) is 4.50. The van der Waals surface area contributed by atoms with Crippen molar-refractivity contribution in [2.24, 2.45) is 5.73 Å². The molecule has 1 fully saturated rings. The van der Waals surface area contributed by atoms with Gasteiger partial charge < -0.3 is 15.8 Å². The Labute approximate surface area is 90.9 Å². The average Bonchev–Trinajstić information content (AvgIpc) is 2.19. The van der Waals surface area contributed by atoms with Crippen LogP contribution in [-0.4, -0.2) is 55.7 Å². The highest BCUT2D eigenvalue weighted by Gasteiger charge is 2.36. The third-order valence-electron chi connectivity index (χ3n) is 2.78. The Bertz CT molecular complexity index is 219. The quantitative estimate of drug-likeness (QED) is 0.588. The summed E-state index contributed by atoms with van der Waals surface area (Å²) in [6.07, 6.45) is 0. The van der Waals surface area contributed by atoms with E-state index < -0.39 is 5.54 Å². The fourth-order valence-corrected chi connectivity index (χ4v) is 1.70. The van der Waals surface area contributed by atoms with Gasteiger partial charge in [0, 0.05) is 26.2 Å². The van der Waals surface area contributed by atoms with Crippen molar-refractivity contribution in [2.75, 3.05) is 39.4 Å². The van der Waals surface area contributed by atoms with Gasteiger partial charge in [0.1, 0.15) is 0 Å². The van der Waals surface area contributed by atoms with Gasteiger partial charge in [-0.15, -0.1) is 0 Å². The number of carbonyl (C=O) groups excluding carboxylic acids is 1. The molecular weight excluding hydrogens is 194 g/mol. The van der Waals surface area contributed by atoms with Crippen LogP contribution in [0.2, 0.25) is 0 Å². The lowest BCUT2D eigenvalue weighted by Gasteiger charge is -2.41. The van der Waals surface area contributed by atoms with Gasteiger partial charge >= 0.3 is 0 Å². The summed E-state index contributed by atoms with van der Waals surface area (Å²) in [5, 5.41) is 2.86. The molecule has 1 amide bonds. The molecule has 1 aliphatic heterocycles. The molecule has 0 spiro atoms. The molecule has 0 bridgehead atoms. The number of ether oxygens (including phenoxy) is 1. The summed E-state index contributed by atoms with van der Waals surface area (Å²) in [5.41, 5.74) is 4.89. The third kappa shape index (κ3) is 3.15. The van der Waals surface area contributed by atoms with Crippen LogP contribution in [-0.2, 0) is 9.53 Å². The molecule has 0 aromatic heterocycles. The van der Waals surface area contributed by atoms with Gasteiger partial charge in [-0.05, 0) is 13.8 Å². The molecule has 5 nitrogen and oxygen atoms in total. The molecule has 0 radical (unpaired) electrons. The highest BCUT2D eigenvalue weighted by molar-refractivity contribution is 5.86. The molecule has 3 N–H and O–H groups in total. The second-order valence-electron chi connectivity index (χ2n) is 4.20. The van der Waals surface area contributed by atoms with Crippen molar-refractivity contribution in [3.8, 4) is 0 Å². The van der Waals surface area contributed by atoms with E-state index in [1.165, 1.54) is 0 Å². The second-order valence-corrected chi connectivity index (χ2v) is 4.20. The van der Waals surface area contributed by atoms with Gasteiger partial charge in [0.05, 0.1) is 18.8 Å². The van der Waals surface area contributed by atoms with Crippen LogP contribution in [0.25, 0.3) is 0 Å². The van der Waals surface area contributed by atoms with Gasteiger partial charge in [-0.2, -0.15) is 0 Å². The first kappa shape index (κ1) is 12.4. The topological polar surface area (TPSA) is 67.6 Å². The number of amides is 1. The second kappa shape index (κ2) is 5.44. The van der Waals surface area contributed by atoms with Crippen LogP contribution in [0.3, 0.4) is 0 Å². The van der Waals surface area contributed by atoms with Crippen molar-refractivity contribution >= 4 is 5.91 Å². The Hall–Kier alpha value is -0.650. The number of carbonyl (C=O) groups is 1. The van der Waals surface area contributed by atoms with Crippen LogP contribution >= 0.6 is 0 Å². The highest BCUT2D eigenvalue weighted by atomic mass is 16.5. The molecule has 1 aliphatic rings. The summed E-state index contributed by atoms with van der Waals surface area (Å²) < 4.78 is 5.32. The van der Waals surface area contributed by atoms with Gasteiger partial charge in [0.25, 0.3) is 0 Å². The Morgan fingerprint density at radius 3 is 2.93 bits per heavy atom. The number of hydrogen-bond donors (Lipinski definition) is 2. The van der Waals surface area contributed by atoms with E-state index in [1.807, 2.05) is 13.8 Å². The SMILES string of the molecule is CC1(C)C(=O)NCCN1CCOCCN. The minimum absolute atomic E-state index is 0.0903. The Morgan fingerprint density at radius 1 is 1.53 bits per heavy atom. The van der Waals surface area contributed by atoms with E-state index >= 15 is 0 Å². The monoisotopic (exact) mass is 215 g/mol. The zero-order valence-electron chi connectivity index (χ0n) is 9.58. The van der Waals surface area contributed by atoms with E-state index in [2.05, 4.69) is 10.2 Å². The molecule has 0 aromatic rings. The number of nitrogens with one attached hydrogen (secondary N) is 1. The van der Waals surface area contributed by atoms with E-state index in [4.69, 9.17) is 10.5 Å². The van der Waals surface area contributed by atoms with E-state index in [0.29, 0.717) is 19.8 Å². The van der Waals surface area contributed by atoms with Crippen LogP contribution in [0.5, 0.6) is 0 Å². The van der Waals surface area contributed by atoms with Crippen molar-refractivity contribution in [3.05, 3.63) is 0 Å². The van der Waals surface area contributed by atoms with Gasteiger partial charge in [0.15, 0.2) is 0 Å². The standard InChI is InChI=1S/C10H21N3O2/c1-10(2)9(14)12-4-5-13(10)6-8-15-7-3-11/h3-8,11H2,1-2H3,(H,12,14). The molecule has 1 rings (SSSR count). The van der Waals surface area contributed by atoms with Gasteiger partial charge in [-0.3, -0.25) is 9.69 Å². The maximum absolute atomic E-state index is 11.6. The van der Waals surface area contributed by atoms with Crippen molar-refractivity contribution in [1.82, 2.24) is 10.2 Å². The molecule has 0 saturated carbocycles. The van der Waals surface area contributed by atoms with Crippen LogP contribution in [0.15, 0.2) is 0 Å². The Balaban J connectivity index is 2.36. The molecule has 1 heterocycles. The lowest BCUT2D eigenvalue weighted by molar-refractivity contribution is -0.135. The lowest BCUT2D eigenvalue weighted by atomic mass is 9.99. The fraction of sp³-hybridized carbons (Fsp3) is 0.900. The predicted octanol–water partition coefficient (Wildman–Crippen LogP) is -0.828. The smallest absolute Gasteiger partial charge is 0.240 e. The maximum Gasteiger partial charge on any atom is 0.240 e. The van der Waals surface area contributed by atoms with Crippen LogP contribution in [0.4, 0.5) is 0 Å². The number of nitrogens with zero attached hydrogens (tertiary/aromatic N) is 1. The van der Waals surface area contributed by atoms with Crippen molar-refractivity contribution in [3.63, 3.8) is 0 Å². The molecule has 0 unspecified atom stereocenters. The zero-order valence-corrected chi connectivity index (χ0v) is 9.58. The lowest BCUT2D eigenvalue weighted by Crippen LogP contribution is -2.62. The summed E-state index contributed by atoms with van der Waals surface area (Å²) in [6.45, 7) is 8.01. The predicted molar refractivity (Wildman–Crippen MR) is 58.5 cm³/mol. The largest absolute Gasteiger partial charge is 0.379 e. The first-order chi connectivity index (χ1) is 7.09. The summed E-state index contributed by atoms with van der Waals surface area (Å²) in [6, 6.07) is 0. The molecule has 0 aromatic carbocycles. The molecule has 0 atom stereocenters. The van der Waals surface area contributed by atoms with Crippen LogP contribution < -0.4 is 11.1 Å². The minimum Gasteiger partial charge on any atom is -0.379 e. The summed E-state index contributed by atoms with van der Waals surface area (Å²) in [5.74, 6) is 0.0903. The molecule has 88 valence electrons. The summed E-state index contributed by atoms with van der Waals surface area (Å²) in [7, 11) is 0. The Morgan fingerprint density at radius 2 is 2.27 bits per heavy atom. The van der Waals surface area contributed by atoms with E-state index in [0.717, 1.165) is 19.6 Å². The van der Waals surface area contributed by atoms with E-state index in [9.17, 15) is 4.79 Å². The average molecular weight is 215 g/mol. The molecule has 1 saturated heterocycles. The molecule has 15 heavy (non-hydrogen) atoms. The maximum atomic E-state index is 11.6. The van der Waals surface area contributed by atoms with E-state index in [-0.39, 0.29) is 5.91 Å². The highest BCUT2D eigenvalue weighted by Crippen LogP contribution is 2.16. The molecule has 5 heteroatoms. The third-order valence-corrected chi connectivity index (χ3v) is 2.78. The van der Waals surface area contributed by atoms with Gasteiger partial charge in [0.2, 0.25) is 5.91 Å².